The Morgan fingerprint density at radius 1 is 1.24 bits per heavy atom. The van der Waals surface area contributed by atoms with Gasteiger partial charge < -0.3 is 5.32 Å². The first-order valence-corrected chi connectivity index (χ1v) is 5.25. The summed E-state index contributed by atoms with van der Waals surface area (Å²) in [7, 11) is 0. The van der Waals surface area contributed by atoms with Gasteiger partial charge in [0.1, 0.15) is 17.0 Å². The molecule has 0 aliphatic carbocycles. The summed E-state index contributed by atoms with van der Waals surface area (Å²) in [5.41, 5.74) is 2.40. The molecule has 5 nitrogen and oxygen atoms in total. The van der Waals surface area contributed by atoms with E-state index in [0.29, 0.717) is 5.82 Å². The van der Waals surface area contributed by atoms with E-state index in [-0.39, 0.29) is 5.91 Å². The number of fused-ring (bicyclic) bond motifs is 3. The molecule has 1 N–H and O–H groups in total. The molecule has 3 aromatic rings. The van der Waals surface area contributed by atoms with Crippen LogP contribution in [0.5, 0.6) is 0 Å². The van der Waals surface area contributed by atoms with Crippen LogP contribution in [0.2, 0.25) is 0 Å². The first kappa shape index (κ1) is 9.77. The van der Waals surface area contributed by atoms with Crippen molar-refractivity contribution in [2.45, 2.75) is 6.92 Å². The third-order valence-corrected chi connectivity index (χ3v) is 2.46. The molecule has 1 amide bonds. The van der Waals surface area contributed by atoms with Gasteiger partial charge in [-0.15, -0.1) is 0 Å². The van der Waals surface area contributed by atoms with E-state index in [9.17, 15) is 4.79 Å². The maximum atomic E-state index is 11.0. The number of nitrogens with one attached hydrogen (secondary N) is 1. The van der Waals surface area contributed by atoms with Crippen molar-refractivity contribution in [2.75, 3.05) is 5.32 Å². The number of aromatic nitrogens is 3. The van der Waals surface area contributed by atoms with E-state index in [2.05, 4.69) is 15.3 Å². The van der Waals surface area contributed by atoms with E-state index in [1.807, 2.05) is 34.9 Å². The van der Waals surface area contributed by atoms with Crippen molar-refractivity contribution in [2.24, 2.45) is 0 Å². The lowest BCUT2D eigenvalue weighted by Crippen LogP contribution is -2.07. The van der Waals surface area contributed by atoms with Crippen LogP contribution in [0, 0.1) is 0 Å². The van der Waals surface area contributed by atoms with Gasteiger partial charge in [-0.1, -0.05) is 6.07 Å². The van der Waals surface area contributed by atoms with Crippen molar-refractivity contribution in [3.8, 4) is 0 Å². The third kappa shape index (κ3) is 1.61. The van der Waals surface area contributed by atoms with E-state index in [0.717, 1.165) is 16.8 Å². The number of anilines is 1. The molecular formula is C12H10N4O. The van der Waals surface area contributed by atoms with Gasteiger partial charge in [0.05, 0.1) is 0 Å². The normalized spacial score (nSPS) is 10.9. The quantitative estimate of drug-likeness (QED) is 0.688. The highest BCUT2D eigenvalue weighted by Crippen LogP contribution is 2.16. The molecule has 3 rings (SSSR count). The monoisotopic (exact) mass is 226 g/mol. The molecule has 0 aromatic carbocycles. The first-order valence-electron chi connectivity index (χ1n) is 5.25. The molecule has 3 aromatic heterocycles. The highest BCUT2D eigenvalue weighted by atomic mass is 16.1. The number of carbonyl (C=O) groups is 1. The summed E-state index contributed by atoms with van der Waals surface area (Å²) >= 11 is 0. The van der Waals surface area contributed by atoms with Gasteiger partial charge in [0.25, 0.3) is 0 Å². The van der Waals surface area contributed by atoms with Crippen molar-refractivity contribution in [1.29, 1.82) is 0 Å². The second-order valence-electron chi connectivity index (χ2n) is 3.76. The lowest BCUT2D eigenvalue weighted by atomic mass is 10.4. The number of amides is 1. The summed E-state index contributed by atoms with van der Waals surface area (Å²) in [6, 6.07) is 9.35. The largest absolute Gasteiger partial charge is 0.311 e. The molecule has 0 saturated heterocycles. The fraction of sp³-hybridized carbons (Fsp3) is 0.0833. The van der Waals surface area contributed by atoms with E-state index in [1.165, 1.54) is 6.92 Å². The Morgan fingerprint density at radius 3 is 2.94 bits per heavy atom. The zero-order valence-electron chi connectivity index (χ0n) is 9.21. The highest BCUT2D eigenvalue weighted by molar-refractivity contribution is 5.89. The van der Waals surface area contributed by atoms with E-state index in [4.69, 9.17) is 0 Å². The number of hydrogen-bond donors (Lipinski definition) is 1. The van der Waals surface area contributed by atoms with Gasteiger partial charge in [-0.25, -0.2) is 9.97 Å². The van der Waals surface area contributed by atoms with Crippen LogP contribution in [0.4, 0.5) is 5.82 Å². The molecule has 5 heteroatoms. The van der Waals surface area contributed by atoms with Gasteiger partial charge in [-0.3, -0.25) is 9.20 Å². The summed E-state index contributed by atoms with van der Waals surface area (Å²) in [4.78, 5) is 19.8. The van der Waals surface area contributed by atoms with Crippen LogP contribution in [0.15, 0.2) is 36.5 Å². The Bertz CT molecular complexity index is 717. The summed E-state index contributed by atoms with van der Waals surface area (Å²) < 4.78 is 1.89. The molecule has 0 aliphatic heterocycles. The zero-order valence-corrected chi connectivity index (χ0v) is 9.21. The van der Waals surface area contributed by atoms with Crippen molar-refractivity contribution < 1.29 is 4.79 Å². The Morgan fingerprint density at radius 2 is 2.12 bits per heavy atom. The number of rotatable bonds is 1. The minimum Gasteiger partial charge on any atom is -0.311 e. The SMILES string of the molecule is CC(=O)Nc1ccc2nc3ccccn3c2n1. The van der Waals surface area contributed by atoms with Crippen molar-refractivity contribution in [3.05, 3.63) is 36.5 Å². The molecule has 0 spiro atoms. The van der Waals surface area contributed by atoms with Gasteiger partial charge in [0.15, 0.2) is 5.65 Å². The first-order chi connectivity index (χ1) is 8.24. The third-order valence-electron chi connectivity index (χ3n) is 2.46. The van der Waals surface area contributed by atoms with E-state index >= 15 is 0 Å². The maximum Gasteiger partial charge on any atom is 0.222 e. The number of pyridine rings is 2. The van der Waals surface area contributed by atoms with Crippen molar-refractivity contribution in [3.63, 3.8) is 0 Å². The second-order valence-corrected chi connectivity index (χ2v) is 3.76. The van der Waals surface area contributed by atoms with Crippen LogP contribution in [0.3, 0.4) is 0 Å². The van der Waals surface area contributed by atoms with Gasteiger partial charge in [-0.05, 0) is 24.3 Å². The molecule has 0 aliphatic rings. The van der Waals surface area contributed by atoms with Crippen LogP contribution in [-0.4, -0.2) is 20.3 Å². The molecule has 0 atom stereocenters. The summed E-state index contributed by atoms with van der Waals surface area (Å²) in [5.74, 6) is 0.404. The number of imidazole rings is 1. The Hall–Kier alpha value is -2.43. The standard InChI is InChI=1S/C12H10N4O/c1-8(17)13-10-6-5-9-12(15-10)16-7-3-2-4-11(16)14-9/h2-7H,1H3,(H,13,15,17). The van der Waals surface area contributed by atoms with E-state index in [1.54, 1.807) is 6.07 Å². The van der Waals surface area contributed by atoms with Crippen LogP contribution in [-0.2, 0) is 4.79 Å². The molecule has 3 heterocycles. The topological polar surface area (TPSA) is 59.3 Å². The maximum absolute atomic E-state index is 11.0. The molecule has 0 saturated carbocycles. The highest BCUT2D eigenvalue weighted by Gasteiger charge is 2.06. The molecule has 0 unspecified atom stereocenters. The minimum atomic E-state index is -0.134. The van der Waals surface area contributed by atoms with Crippen molar-refractivity contribution in [1.82, 2.24) is 14.4 Å². The van der Waals surface area contributed by atoms with Crippen LogP contribution < -0.4 is 5.32 Å². The number of hydrogen-bond acceptors (Lipinski definition) is 3. The predicted molar refractivity (Wildman–Crippen MR) is 64.8 cm³/mol. The van der Waals surface area contributed by atoms with Gasteiger partial charge in [0, 0.05) is 13.1 Å². The van der Waals surface area contributed by atoms with Crippen molar-refractivity contribution >= 4 is 28.5 Å². The fourth-order valence-corrected chi connectivity index (χ4v) is 1.78. The summed E-state index contributed by atoms with van der Waals surface area (Å²) in [6.45, 7) is 1.46. The van der Waals surface area contributed by atoms with Gasteiger partial charge >= 0.3 is 0 Å². The van der Waals surface area contributed by atoms with Crippen LogP contribution in [0.1, 0.15) is 6.92 Å². The van der Waals surface area contributed by atoms with E-state index < -0.39 is 0 Å². The molecule has 0 bridgehead atoms. The summed E-state index contributed by atoms with van der Waals surface area (Å²) in [6.07, 6.45) is 1.90. The average Bonchev–Trinajstić information content (AvgIpc) is 2.66. The Labute approximate surface area is 97.1 Å². The second kappa shape index (κ2) is 3.55. The molecule has 0 fully saturated rings. The lowest BCUT2D eigenvalue weighted by Gasteiger charge is -2.00. The van der Waals surface area contributed by atoms with Gasteiger partial charge in [-0.2, -0.15) is 0 Å². The lowest BCUT2D eigenvalue weighted by molar-refractivity contribution is -0.114. The number of nitrogens with zero attached hydrogens (tertiary/aromatic N) is 3. The molecular weight excluding hydrogens is 216 g/mol. The average molecular weight is 226 g/mol. The number of carbonyl (C=O) groups excluding carboxylic acids is 1. The molecule has 17 heavy (non-hydrogen) atoms. The molecule has 0 radical (unpaired) electrons. The van der Waals surface area contributed by atoms with Gasteiger partial charge in [0.2, 0.25) is 5.91 Å². The fourth-order valence-electron chi connectivity index (χ4n) is 1.78. The zero-order chi connectivity index (χ0) is 11.8. The Balaban J connectivity index is 2.26. The minimum absolute atomic E-state index is 0.134. The van der Waals surface area contributed by atoms with Crippen LogP contribution >= 0.6 is 0 Å². The summed E-state index contributed by atoms with van der Waals surface area (Å²) in [5, 5.41) is 2.66. The smallest absolute Gasteiger partial charge is 0.222 e. The Kier molecular flexibility index (Phi) is 2.04. The predicted octanol–water partition coefficient (Wildman–Crippen LogP) is 1.84. The van der Waals surface area contributed by atoms with Crippen LogP contribution in [0.25, 0.3) is 16.8 Å². The molecule has 84 valence electrons.